The van der Waals surface area contributed by atoms with E-state index in [9.17, 15) is 0 Å². The van der Waals surface area contributed by atoms with Crippen molar-refractivity contribution in [2.45, 2.75) is 34.6 Å². The van der Waals surface area contributed by atoms with Gasteiger partial charge in [-0.2, -0.15) is 0 Å². The summed E-state index contributed by atoms with van der Waals surface area (Å²) >= 11 is 0. The van der Waals surface area contributed by atoms with E-state index in [1.165, 1.54) is 5.57 Å². The van der Waals surface area contributed by atoms with E-state index in [1.54, 1.807) is 0 Å². The van der Waals surface area contributed by atoms with Crippen LogP contribution in [0.15, 0.2) is 35.4 Å². The molecule has 0 aliphatic heterocycles. The number of aryl methyl sites for hydroxylation is 2. The summed E-state index contributed by atoms with van der Waals surface area (Å²) in [6, 6.07) is 4.17. The molecule has 0 spiro atoms. The lowest BCUT2D eigenvalue weighted by atomic mass is 10.0. The minimum atomic E-state index is 0.519. The van der Waals surface area contributed by atoms with E-state index < -0.39 is 0 Å². The first-order chi connectivity index (χ1) is 10.8. The largest absolute Gasteiger partial charge is 0.366 e. The van der Waals surface area contributed by atoms with Crippen LogP contribution in [0.25, 0.3) is 5.70 Å². The number of hydrogen-bond donors (Lipinski definition) is 1. The number of hydroxylamine groups is 1. The molecule has 0 atom stereocenters. The van der Waals surface area contributed by atoms with Crippen molar-refractivity contribution in [2.24, 2.45) is 4.99 Å². The first kappa shape index (κ1) is 19.0. The number of nitrogens with one attached hydrogen (secondary N) is 1. The van der Waals surface area contributed by atoms with E-state index in [0.717, 1.165) is 34.6 Å². The lowest BCUT2D eigenvalue weighted by Gasteiger charge is -2.14. The summed E-state index contributed by atoms with van der Waals surface area (Å²) in [5, 5.41) is 0. The Morgan fingerprint density at radius 1 is 1.30 bits per heavy atom. The average Bonchev–Trinajstić information content (AvgIpc) is 2.51. The molecule has 0 aromatic heterocycles. The van der Waals surface area contributed by atoms with Crippen LogP contribution in [-0.4, -0.2) is 31.4 Å². The predicted molar refractivity (Wildman–Crippen MR) is 99.9 cm³/mol. The van der Waals surface area contributed by atoms with Crippen LogP contribution in [0.1, 0.15) is 37.5 Å². The van der Waals surface area contributed by atoms with Gasteiger partial charge in [0.25, 0.3) is 0 Å². The van der Waals surface area contributed by atoms with E-state index in [1.807, 2.05) is 38.2 Å². The molecule has 1 aromatic carbocycles. The second-order valence-electron chi connectivity index (χ2n) is 5.94. The Hall–Kier alpha value is -2.07. The van der Waals surface area contributed by atoms with Crippen LogP contribution in [0.2, 0.25) is 0 Å². The summed E-state index contributed by atoms with van der Waals surface area (Å²) in [7, 11) is 2.01. The standard InChI is InChI=1S/C19H29N3O/c1-8-22(7)13-20-19-12-15(4)18(11-16(19)5)17(6)21-23-10-9-14(2)3/h9,11-13,21H,6,8,10H2,1-5,7H3. The molecule has 0 saturated carbocycles. The highest BCUT2D eigenvalue weighted by molar-refractivity contribution is 5.70. The summed E-state index contributed by atoms with van der Waals surface area (Å²) in [5.41, 5.74) is 9.15. The van der Waals surface area contributed by atoms with Crippen molar-refractivity contribution in [3.8, 4) is 0 Å². The van der Waals surface area contributed by atoms with E-state index in [4.69, 9.17) is 4.84 Å². The number of rotatable bonds is 8. The van der Waals surface area contributed by atoms with Crippen LogP contribution in [0, 0.1) is 13.8 Å². The minimum absolute atomic E-state index is 0.519. The number of nitrogens with zero attached hydrogens (tertiary/aromatic N) is 2. The van der Waals surface area contributed by atoms with Crippen molar-refractivity contribution in [1.29, 1.82) is 0 Å². The lowest BCUT2D eigenvalue weighted by molar-refractivity contribution is 0.103. The van der Waals surface area contributed by atoms with Crippen LogP contribution in [0.5, 0.6) is 0 Å². The average molecular weight is 315 g/mol. The summed E-state index contributed by atoms with van der Waals surface area (Å²) in [6.45, 7) is 15.8. The molecule has 4 nitrogen and oxygen atoms in total. The van der Waals surface area contributed by atoms with Gasteiger partial charge in [-0.05, 0) is 57.9 Å². The number of benzene rings is 1. The second-order valence-corrected chi connectivity index (χ2v) is 5.94. The Balaban J connectivity index is 2.81. The van der Waals surface area contributed by atoms with Crippen molar-refractivity contribution in [3.05, 3.63) is 47.1 Å². The summed E-state index contributed by atoms with van der Waals surface area (Å²) in [5.74, 6) is 0. The molecule has 0 amide bonds. The topological polar surface area (TPSA) is 36.9 Å². The second kappa shape index (κ2) is 9.16. The third-order valence-electron chi connectivity index (χ3n) is 3.53. The van der Waals surface area contributed by atoms with Crippen LogP contribution in [-0.2, 0) is 4.84 Å². The zero-order chi connectivity index (χ0) is 17.4. The van der Waals surface area contributed by atoms with Gasteiger partial charge in [-0.25, -0.2) is 4.99 Å². The first-order valence-corrected chi connectivity index (χ1v) is 7.91. The molecule has 0 saturated heterocycles. The van der Waals surface area contributed by atoms with Crippen LogP contribution in [0.3, 0.4) is 0 Å². The Morgan fingerprint density at radius 3 is 2.61 bits per heavy atom. The highest BCUT2D eigenvalue weighted by Gasteiger charge is 2.07. The van der Waals surface area contributed by atoms with Crippen LogP contribution >= 0.6 is 0 Å². The minimum Gasteiger partial charge on any atom is -0.366 e. The van der Waals surface area contributed by atoms with Crippen LogP contribution in [0.4, 0.5) is 5.69 Å². The highest BCUT2D eigenvalue weighted by atomic mass is 16.6. The first-order valence-electron chi connectivity index (χ1n) is 7.91. The van der Waals surface area contributed by atoms with E-state index in [-0.39, 0.29) is 0 Å². The van der Waals surface area contributed by atoms with Crippen LogP contribution < -0.4 is 5.48 Å². The van der Waals surface area contributed by atoms with Gasteiger partial charge >= 0.3 is 0 Å². The van der Waals surface area contributed by atoms with Gasteiger partial charge in [0.05, 0.1) is 24.3 Å². The Labute approximate surface area is 140 Å². The number of allylic oxidation sites excluding steroid dienone is 1. The molecule has 4 heteroatoms. The molecular formula is C19H29N3O. The number of hydrogen-bond acceptors (Lipinski definition) is 3. The van der Waals surface area contributed by atoms with Gasteiger partial charge in [-0.3, -0.25) is 10.3 Å². The fraction of sp³-hybridized carbons (Fsp3) is 0.421. The Bertz CT molecular complexity index is 599. The fourth-order valence-corrected chi connectivity index (χ4v) is 1.90. The monoisotopic (exact) mass is 315 g/mol. The molecule has 0 fully saturated rings. The predicted octanol–water partition coefficient (Wildman–Crippen LogP) is 4.37. The molecule has 0 aliphatic carbocycles. The molecule has 1 N–H and O–H groups in total. The quantitative estimate of drug-likeness (QED) is 0.254. The molecular weight excluding hydrogens is 286 g/mol. The van der Waals surface area contributed by atoms with Crippen molar-refractivity contribution < 1.29 is 4.84 Å². The molecule has 0 radical (unpaired) electrons. The number of aliphatic imine (C=N–C) groups is 1. The summed E-state index contributed by atoms with van der Waals surface area (Å²) in [4.78, 5) is 12.0. The lowest BCUT2D eigenvalue weighted by Crippen LogP contribution is -2.14. The summed E-state index contributed by atoms with van der Waals surface area (Å²) < 4.78 is 0. The van der Waals surface area contributed by atoms with E-state index in [2.05, 4.69) is 50.0 Å². The molecule has 0 heterocycles. The molecule has 0 bridgehead atoms. The highest BCUT2D eigenvalue weighted by Crippen LogP contribution is 2.26. The molecule has 1 aromatic rings. The smallest absolute Gasteiger partial charge is 0.0930 e. The van der Waals surface area contributed by atoms with Gasteiger partial charge in [0.2, 0.25) is 0 Å². The molecule has 1 rings (SSSR count). The molecule has 0 unspecified atom stereocenters. The van der Waals surface area contributed by atoms with E-state index in [0.29, 0.717) is 6.61 Å². The van der Waals surface area contributed by atoms with Gasteiger partial charge in [-0.1, -0.05) is 18.2 Å². The summed E-state index contributed by atoms with van der Waals surface area (Å²) in [6.07, 6.45) is 3.87. The zero-order valence-corrected chi connectivity index (χ0v) is 15.2. The van der Waals surface area contributed by atoms with Gasteiger partial charge in [-0.15, -0.1) is 0 Å². The normalized spacial score (nSPS) is 10.7. The fourth-order valence-electron chi connectivity index (χ4n) is 1.90. The third kappa shape index (κ3) is 6.28. The van der Waals surface area contributed by atoms with Gasteiger partial charge in [0, 0.05) is 19.2 Å². The van der Waals surface area contributed by atoms with E-state index >= 15 is 0 Å². The van der Waals surface area contributed by atoms with Crippen molar-refractivity contribution in [1.82, 2.24) is 10.4 Å². The zero-order valence-electron chi connectivity index (χ0n) is 15.2. The van der Waals surface area contributed by atoms with Gasteiger partial charge in [0.1, 0.15) is 0 Å². The van der Waals surface area contributed by atoms with Crippen molar-refractivity contribution in [3.63, 3.8) is 0 Å². The maximum Gasteiger partial charge on any atom is 0.0930 e. The van der Waals surface area contributed by atoms with Gasteiger partial charge in [0.15, 0.2) is 0 Å². The van der Waals surface area contributed by atoms with Crippen molar-refractivity contribution in [2.75, 3.05) is 20.2 Å². The maximum atomic E-state index is 5.42. The molecule has 23 heavy (non-hydrogen) atoms. The Morgan fingerprint density at radius 2 is 2.00 bits per heavy atom. The third-order valence-corrected chi connectivity index (χ3v) is 3.53. The van der Waals surface area contributed by atoms with Gasteiger partial charge < -0.3 is 4.90 Å². The SMILES string of the molecule is C=C(NOCC=C(C)C)c1cc(C)c(N=CN(C)CC)cc1C. The molecule has 0 aliphatic rings. The van der Waals surface area contributed by atoms with Crippen molar-refractivity contribution >= 4 is 17.7 Å². The maximum absolute atomic E-state index is 5.42. The Kier molecular flexibility index (Phi) is 7.55. The molecule has 126 valence electrons.